The van der Waals surface area contributed by atoms with Crippen LogP contribution < -0.4 is 0 Å². The zero-order valence-electron chi connectivity index (χ0n) is 15.0. The minimum Gasteiger partial charge on any atom is -0.300 e. The summed E-state index contributed by atoms with van der Waals surface area (Å²) in [5.74, 6) is 1.50. The molecule has 0 N–H and O–H groups in total. The number of aromatic nitrogens is 4. The summed E-state index contributed by atoms with van der Waals surface area (Å²) in [4.78, 5) is 6.07. The van der Waals surface area contributed by atoms with Gasteiger partial charge < -0.3 is 0 Å². The van der Waals surface area contributed by atoms with E-state index in [0.717, 1.165) is 22.2 Å². The van der Waals surface area contributed by atoms with E-state index in [1.54, 1.807) is 23.9 Å². The Morgan fingerprint density at radius 2 is 1.67 bits per heavy atom. The number of hydrogen-bond acceptors (Lipinski definition) is 5. The molecule has 0 saturated carbocycles. The van der Waals surface area contributed by atoms with E-state index >= 15 is 0 Å². The minimum absolute atomic E-state index is 0.0901. The summed E-state index contributed by atoms with van der Waals surface area (Å²) in [6, 6.07) is 11.3. The summed E-state index contributed by atoms with van der Waals surface area (Å²) in [5, 5.41) is 11.1. The summed E-state index contributed by atoms with van der Waals surface area (Å²) in [5.41, 5.74) is 1.93. The maximum Gasteiger partial charge on any atom is 0.196 e. The lowest BCUT2D eigenvalue weighted by atomic mass is 10.2. The van der Waals surface area contributed by atoms with E-state index in [1.807, 2.05) is 38.4 Å². The highest BCUT2D eigenvalue weighted by Gasteiger charge is 2.21. The van der Waals surface area contributed by atoms with Gasteiger partial charge in [-0.05, 0) is 63.0 Å². The first-order valence-electron chi connectivity index (χ1n) is 8.17. The third-order valence-corrected chi connectivity index (χ3v) is 5.72. The molecule has 142 valence electrons. The van der Waals surface area contributed by atoms with Crippen LogP contribution in [0.3, 0.4) is 0 Å². The predicted octanol–water partition coefficient (Wildman–Crippen LogP) is 5.54. The first-order valence-corrected chi connectivity index (χ1v) is 10.3. The SMILES string of the molecule is CC(c1nnc(SCc2cc(Cl)nc(Cl)c2)n1-c1ccc(Cl)cc1)N(C)C. The van der Waals surface area contributed by atoms with Crippen LogP contribution in [-0.4, -0.2) is 38.7 Å². The van der Waals surface area contributed by atoms with E-state index in [0.29, 0.717) is 21.1 Å². The molecule has 1 atom stereocenters. The molecule has 0 spiro atoms. The molecule has 0 saturated heterocycles. The van der Waals surface area contributed by atoms with E-state index in [4.69, 9.17) is 34.8 Å². The summed E-state index contributed by atoms with van der Waals surface area (Å²) in [6.07, 6.45) is 0. The molecule has 27 heavy (non-hydrogen) atoms. The molecule has 2 heterocycles. The van der Waals surface area contributed by atoms with Crippen molar-refractivity contribution in [2.75, 3.05) is 14.1 Å². The maximum atomic E-state index is 6.05. The van der Waals surface area contributed by atoms with Crippen LogP contribution in [0.4, 0.5) is 0 Å². The van der Waals surface area contributed by atoms with Gasteiger partial charge in [0.05, 0.1) is 6.04 Å². The van der Waals surface area contributed by atoms with Gasteiger partial charge in [0.2, 0.25) is 0 Å². The highest BCUT2D eigenvalue weighted by Crippen LogP contribution is 2.30. The molecule has 0 aliphatic rings. The highest BCUT2D eigenvalue weighted by atomic mass is 35.5. The van der Waals surface area contributed by atoms with Crippen molar-refractivity contribution >= 4 is 46.6 Å². The van der Waals surface area contributed by atoms with Gasteiger partial charge >= 0.3 is 0 Å². The molecule has 0 bridgehead atoms. The second-order valence-electron chi connectivity index (χ2n) is 6.20. The fourth-order valence-corrected chi connectivity index (χ4v) is 3.98. The van der Waals surface area contributed by atoms with Gasteiger partial charge in [-0.2, -0.15) is 0 Å². The molecule has 3 aromatic rings. The molecule has 0 amide bonds. The van der Waals surface area contributed by atoms with Crippen LogP contribution in [0.2, 0.25) is 15.3 Å². The van der Waals surface area contributed by atoms with Crippen LogP contribution in [0, 0.1) is 0 Å². The van der Waals surface area contributed by atoms with Crippen LogP contribution in [0.1, 0.15) is 24.4 Å². The molecular weight excluding hydrogens is 425 g/mol. The van der Waals surface area contributed by atoms with Crippen molar-refractivity contribution in [2.24, 2.45) is 0 Å². The molecule has 3 rings (SSSR count). The third-order valence-electron chi connectivity index (χ3n) is 4.08. The smallest absolute Gasteiger partial charge is 0.196 e. The fourth-order valence-electron chi connectivity index (χ4n) is 2.45. The summed E-state index contributed by atoms with van der Waals surface area (Å²) < 4.78 is 2.05. The number of pyridine rings is 1. The number of nitrogens with zero attached hydrogens (tertiary/aromatic N) is 5. The minimum atomic E-state index is 0.0901. The first kappa shape index (κ1) is 20.4. The highest BCUT2D eigenvalue weighted by molar-refractivity contribution is 7.98. The van der Waals surface area contributed by atoms with E-state index in [2.05, 4.69) is 31.6 Å². The van der Waals surface area contributed by atoms with Gasteiger partial charge in [-0.25, -0.2) is 4.98 Å². The number of thioether (sulfide) groups is 1. The van der Waals surface area contributed by atoms with E-state index in [1.165, 1.54) is 0 Å². The lowest BCUT2D eigenvalue weighted by Crippen LogP contribution is -2.20. The Bertz CT molecular complexity index is 907. The normalized spacial score (nSPS) is 12.6. The van der Waals surface area contributed by atoms with Crippen LogP contribution >= 0.6 is 46.6 Å². The Morgan fingerprint density at radius 1 is 1.04 bits per heavy atom. The van der Waals surface area contributed by atoms with Crippen molar-refractivity contribution < 1.29 is 0 Å². The van der Waals surface area contributed by atoms with E-state index in [9.17, 15) is 0 Å². The summed E-state index contributed by atoms with van der Waals surface area (Å²) in [7, 11) is 4.03. The van der Waals surface area contributed by atoms with Gasteiger partial charge in [0.25, 0.3) is 0 Å². The Balaban J connectivity index is 1.95. The molecule has 1 unspecified atom stereocenters. The number of rotatable bonds is 6. The lowest BCUT2D eigenvalue weighted by Gasteiger charge is -2.20. The molecule has 2 aromatic heterocycles. The molecule has 1 aromatic carbocycles. The molecule has 0 aliphatic heterocycles. The number of hydrogen-bond donors (Lipinski definition) is 0. The van der Waals surface area contributed by atoms with Crippen LogP contribution in [0.25, 0.3) is 5.69 Å². The molecule has 0 radical (unpaired) electrons. The average molecular weight is 443 g/mol. The van der Waals surface area contributed by atoms with Crippen molar-refractivity contribution in [1.82, 2.24) is 24.6 Å². The van der Waals surface area contributed by atoms with Crippen molar-refractivity contribution in [3.8, 4) is 5.69 Å². The van der Waals surface area contributed by atoms with Gasteiger partial charge in [-0.15, -0.1) is 10.2 Å². The molecule has 9 heteroatoms. The Kier molecular flexibility index (Phi) is 6.65. The zero-order chi connectivity index (χ0) is 19.6. The zero-order valence-corrected chi connectivity index (χ0v) is 18.1. The van der Waals surface area contributed by atoms with Crippen LogP contribution in [-0.2, 0) is 5.75 Å². The Morgan fingerprint density at radius 3 is 2.26 bits per heavy atom. The van der Waals surface area contributed by atoms with Crippen molar-refractivity contribution in [3.63, 3.8) is 0 Å². The molecule has 0 fully saturated rings. The fraction of sp³-hybridized carbons (Fsp3) is 0.278. The van der Waals surface area contributed by atoms with Crippen molar-refractivity contribution in [3.05, 3.63) is 63.1 Å². The van der Waals surface area contributed by atoms with Gasteiger partial charge in [-0.1, -0.05) is 46.6 Å². The largest absolute Gasteiger partial charge is 0.300 e. The van der Waals surface area contributed by atoms with E-state index in [-0.39, 0.29) is 6.04 Å². The number of halogens is 3. The molecule has 0 aliphatic carbocycles. The Labute approximate surface area is 177 Å². The van der Waals surface area contributed by atoms with Gasteiger partial charge in [0.1, 0.15) is 10.3 Å². The quantitative estimate of drug-likeness (QED) is 0.370. The molecular formula is C18H18Cl3N5S. The predicted molar refractivity (Wildman–Crippen MR) is 112 cm³/mol. The first-order chi connectivity index (χ1) is 12.8. The van der Waals surface area contributed by atoms with Crippen LogP contribution in [0.15, 0.2) is 41.6 Å². The maximum absolute atomic E-state index is 6.05. The Hall–Kier alpha value is -1.31. The topological polar surface area (TPSA) is 46.8 Å². The van der Waals surface area contributed by atoms with Crippen LogP contribution in [0.5, 0.6) is 0 Å². The molecule has 5 nitrogen and oxygen atoms in total. The standard InChI is InChI=1S/C18H18Cl3N5S/c1-11(25(2)3)17-23-24-18(26(17)14-6-4-13(19)5-7-14)27-10-12-8-15(20)22-16(21)9-12/h4-9,11H,10H2,1-3H3. The summed E-state index contributed by atoms with van der Waals surface area (Å²) >= 11 is 19.6. The van der Waals surface area contributed by atoms with Gasteiger partial charge in [0.15, 0.2) is 11.0 Å². The van der Waals surface area contributed by atoms with E-state index < -0.39 is 0 Å². The lowest BCUT2D eigenvalue weighted by molar-refractivity contribution is 0.305. The summed E-state index contributed by atoms with van der Waals surface area (Å²) in [6.45, 7) is 2.09. The second kappa shape index (κ2) is 8.80. The monoisotopic (exact) mass is 441 g/mol. The van der Waals surface area contributed by atoms with Crippen molar-refractivity contribution in [2.45, 2.75) is 23.9 Å². The van der Waals surface area contributed by atoms with Gasteiger partial charge in [-0.3, -0.25) is 9.47 Å². The van der Waals surface area contributed by atoms with Gasteiger partial charge in [0, 0.05) is 16.5 Å². The van der Waals surface area contributed by atoms with Crippen molar-refractivity contribution in [1.29, 1.82) is 0 Å². The number of benzene rings is 1. The average Bonchev–Trinajstić information content (AvgIpc) is 3.03. The third kappa shape index (κ3) is 4.95. The second-order valence-corrected chi connectivity index (χ2v) is 8.36.